The summed E-state index contributed by atoms with van der Waals surface area (Å²) in [6.45, 7) is 0. The molecule has 1 heterocycles. The van der Waals surface area contributed by atoms with Crippen LogP contribution in [-0.2, 0) is 10.0 Å². The number of sulfonamides is 1. The van der Waals surface area contributed by atoms with Crippen LogP contribution in [0.25, 0.3) is 0 Å². The van der Waals surface area contributed by atoms with Crippen molar-refractivity contribution in [2.75, 3.05) is 11.8 Å². The predicted octanol–water partition coefficient (Wildman–Crippen LogP) is 2.82. The number of rotatable bonds is 5. The third-order valence-corrected chi connectivity index (χ3v) is 4.94. The Bertz CT molecular complexity index is 807. The van der Waals surface area contributed by atoms with Crippen LogP contribution in [0.15, 0.2) is 35.4 Å². The van der Waals surface area contributed by atoms with Crippen molar-refractivity contribution in [1.29, 1.82) is 0 Å². The number of benzene rings is 1. The van der Waals surface area contributed by atoms with E-state index in [-0.39, 0.29) is 15.7 Å². The molecule has 6 nitrogen and oxygen atoms in total. The van der Waals surface area contributed by atoms with E-state index in [2.05, 4.69) is 14.7 Å². The van der Waals surface area contributed by atoms with Gasteiger partial charge in [0, 0.05) is 12.1 Å². The Balaban J connectivity index is 1.86. The molecule has 1 aromatic carbocycles. The average molecular weight is 340 g/mol. The minimum atomic E-state index is -3.76. The molecule has 0 bridgehead atoms. The molecule has 0 amide bonds. The van der Waals surface area contributed by atoms with Gasteiger partial charge in [0.05, 0.1) is 17.0 Å². The minimum absolute atomic E-state index is 0.0462. The van der Waals surface area contributed by atoms with Gasteiger partial charge in [0.25, 0.3) is 10.0 Å². The molecule has 0 atom stereocenters. The molecule has 1 fully saturated rings. The summed E-state index contributed by atoms with van der Waals surface area (Å²) >= 11 is 5.97. The quantitative estimate of drug-likeness (QED) is 0.905. The van der Waals surface area contributed by atoms with Gasteiger partial charge in [0.1, 0.15) is 17.4 Å². The Kier molecular flexibility index (Phi) is 3.92. The van der Waals surface area contributed by atoms with Crippen molar-refractivity contribution in [3.05, 3.63) is 41.3 Å². The van der Waals surface area contributed by atoms with Gasteiger partial charge in [0.15, 0.2) is 0 Å². The van der Waals surface area contributed by atoms with E-state index in [9.17, 15) is 8.42 Å². The fraction of sp³-hybridized carbons (Fsp3) is 0.286. The summed E-state index contributed by atoms with van der Waals surface area (Å²) in [5, 5.41) is 0.228. The number of nitrogens with one attached hydrogen (secondary N) is 1. The molecule has 1 aliphatic rings. The van der Waals surface area contributed by atoms with Crippen LogP contribution < -0.4 is 9.46 Å². The zero-order chi connectivity index (χ0) is 15.7. The van der Waals surface area contributed by atoms with Gasteiger partial charge < -0.3 is 4.74 Å². The number of anilines is 1. The highest BCUT2D eigenvalue weighted by atomic mass is 35.5. The molecular weight excluding hydrogens is 326 g/mol. The van der Waals surface area contributed by atoms with Gasteiger partial charge in [-0.1, -0.05) is 11.6 Å². The Morgan fingerprint density at radius 1 is 1.32 bits per heavy atom. The van der Waals surface area contributed by atoms with Crippen LogP contribution >= 0.6 is 11.6 Å². The van der Waals surface area contributed by atoms with Crippen molar-refractivity contribution in [2.24, 2.45) is 0 Å². The van der Waals surface area contributed by atoms with Crippen LogP contribution in [0.2, 0.25) is 5.02 Å². The Labute approximate surface area is 133 Å². The highest BCUT2D eigenvalue weighted by Crippen LogP contribution is 2.38. The fourth-order valence-electron chi connectivity index (χ4n) is 1.98. The molecule has 2 aromatic rings. The molecule has 1 N–H and O–H groups in total. The lowest BCUT2D eigenvalue weighted by molar-refractivity contribution is 0.414. The number of nitrogens with zero attached hydrogens (tertiary/aromatic N) is 2. The third-order valence-electron chi connectivity index (χ3n) is 3.29. The number of hydrogen-bond donors (Lipinski definition) is 1. The highest BCUT2D eigenvalue weighted by Gasteiger charge is 2.27. The lowest BCUT2D eigenvalue weighted by atomic mass is 10.3. The fourth-order valence-corrected chi connectivity index (χ4v) is 3.33. The van der Waals surface area contributed by atoms with E-state index < -0.39 is 10.0 Å². The van der Waals surface area contributed by atoms with Gasteiger partial charge in [0.2, 0.25) is 0 Å². The SMILES string of the molecule is COc1ccc(S(=O)(=O)Nc2ccnc(C3CC3)n2)cc1Cl. The van der Waals surface area contributed by atoms with E-state index in [0.29, 0.717) is 17.5 Å². The van der Waals surface area contributed by atoms with Crippen LogP contribution in [0.3, 0.4) is 0 Å². The van der Waals surface area contributed by atoms with Crippen molar-refractivity contribution in [3.8, 4) is 5.75 Å². The van der Waals surface area contributed by atoms with Crippen LogP contribution in [0.4, 0.5) is 5.82 Å². The maximum absolute atomic E-state index is 12.4. The average Bonchev–Trinajstić information content (AvgIpc) is 3.31. The molecule has 0 radical (unpaired) electrons. The monoisotopic (exact) mass is 339 g/mol. The first-order chi connectivity index (χ1) is 10.5. The molecule has 8 heteroatoms. The summed E-state index contributed by atoms with van der Waals surface area (Å²) in [5.74, 6) is 1.69. The molecule has 1 saturated carbocycles. The molecule has 0 spiro atoms. The number of methoxy groups -OCH3 is 1. The Hall–Kier alpha value is -1.86. The van der Waals surface area contributed by atoms with Gasteiger partial charge in [-0.3, -0.25) is 4.72 Å². The molecule has 0 unspecified atom stereocenters. The second-order valence-corrected chi connectivity index (χ2v) is 7.07. The van der Waals surface area contributed by atoms with Crippen LogP contribution in [0.1, 0.15) is 24.6 Å². The lowest BCUT2D eigenvalue weighted by Gasteiger charge is -2.09. The normalized spacial score (nSPS) is 14.6. The van der Waals surface area contributed by atoms with Gasteiger partial charge in [-0.05, 0) is 37.1 Å². The van der Waals surface area contributed by atoms with E-state index in [1.807, 2.05) is 0 Å². The van der Waals surface area contributed by atoms with E-state index >= 15 is 0 Å². The first kappa shape index (κ1) is 15.1. The minimum Gasteiger partial charge on any atom is -0.495 e. The zero-order valence-electron chi connectivity index (χ0n) is 11.8. The van der Waals surface area contributed by atoms with E-state index in [4.69, 9.17) is 16.3 Å². The van der Waals surface area contributed by atoms with Gasteiger partial charge >= 0.3 is 0 Å². The van der Waals surface area contributed by atoms with Crippen LogP contribution in [0.5, 0.6) is 5.75 Å². The summed E-state index contributed by atoms with van der Waals surface area (Å²) in [4.78, 5) is 8.45. The van der Waals surface area contributed by atoms with Crippen molar-refractivity contribution in [3.63, 3.8) is 0 Å². The predicted molar refractivity (Wildman–Crippen MR) is 82.8 cm³/mol. The second kappa shape index (κ2) is 5.73. The summed E-state index contributed by atoms with van der Waals surface area (Å²) in [5.41, 5.74) is 0. The van der Waals surface area contributed by atoms with Crippen molar-refractivity contribution in [1.82, 2.24) is 9.97 Å². The maximum Gasteiger partial charge on any atom is 0.263 e. The topological polar surface area (TPSA) is 81.2 Å². The largest absolute Gasteiger partial charge is 0.495 e. The van der Waals surface area contributed by atoms with E-state index in [1.54, 1.807) is 6.20 Å². The number of aromatic nitrogens is 2. The molecule has 1 aliphatic carbocycles. The third kappa shape index (κ3) is 3.15. The molecule has 3 rings (SSSR count). The van der Waals surface area contributed by atoms with E-state index in [0.717, 1.165) is 12.8 Å². The zero-order valence-corrected chi connectivity index (χ0v) is 13.4. The molecule has 0 saturated heterocycles. The van der Waals surface area contributed by atoms with Crippen molar-refractivity contribution >= 4 is 27.4 Å². The molecular formula is C14H14ClN3O3S. The summed E-state index contributed by atoms with van der Waals surface area (Å²) in [6, 6.07) is 5.79. The second-order valence-electron chi connectivity index (χ2n) is 4.98. The number of halogens is 1. The smallest absolute Gasteiger partial charge is 0.263 e. The molecule has 0 aliphatic heterocycles. The van der Waals surface area contributed by atoms with Gasteiger partial charge in [-0.15, -0.1) is 0 Å². The highest BCUT2D eigenvalue weighted by molar-refractivity contribution is 7.92. The summed E-state index contributed by atoms with van der Waals surface area (Å²) in [6.07, 6.45) is 3.65. The Morgan fingerprint density at radius 2 is 2.09 bits per heavy atom. The van der Waals surface area contributed by atoms with Gasteiger partial charge in [-0.25, -0.2) is 18.4 Å². The first-order valence-electron chi connectivity index (χ1n) is 6.69. The maximum atomic E-state index is 12.4. The van der Waals surface area contributed by atoms with Crippen LogP contribution in [-0.4, -0.2) is 25.5 Å². The van der Waals surface area contributed by atoms with E-state index in [1.165, 1.54) is 31.4 Å². The number of hydrogen-bond acceptors (Lipinski definition) is 5. The summed E-state index contributed by atoms with van der Waals surface area (Å²) in [7, 11) is -2.30. The Morgan fingerprint density at radius 3 is 2.73 bits per heavy atom. The van der Waals surface area contributed by atoms with Crippen molar-refractivity contribution < 1.29 is 13.2 Å². The van der Waals surface area contributed by atoms with Crippen LogP contribution in [0, 0.1) is 0 Å². The summed E-state index contributed by atoms with van der Waals surface area (Å²) < 4.78 is 32.2. The molecule has 116 valence electrons. The first-order valence-corrected chi connectivity index (χ1v) is 8.55. The number of ether oxygens (including phenoxy) is 1. The van der Waals surface area contributed by atoms with Gasteiger partial charge in [-0.2, -0.15) is 0 Å². The standard InChI is InChI=1S/C14H14ClN3O3S/c1-21-12-5-4-10(8-11(12)15)22(19,20)18-13-6-7-16-14(17-13)9-2-3-9/h4-9H,2-3H2,1H3,(H,16,17,18). The lowest BCUT2D eigenvalue weighted by Crippen LogP contribution is -2.14. The molecule has 22 heavy (non-hydrogen) atoms. The molecule has 1 aromatic heterocycles. The van der Waals surface area contributed by atoms with Crippen molar-refractivity contribution in [2.45, 2.75) is 23.7 Å².